The number of hydrogen-bond acceptors (Lipinski definition) is 0. The van der Waals surface area contributed by atoms with Gasteiger partial charge in [-0.2, -0.15) is 5.56 Å². The fourth-order valence-corrected chi connectivity index (χ4v) is 2.84. The van der Waals surface area contributed by atoms with Crippen molar-refractivity contribution in [2.45, 2.75) is 26.7 Å². The van der Waals surface area contributed by atoms with Crippen LogP contribution in [0.4, 0.5) is 0 Å². The molecule has 2 aromatic carbocycles. The van der Waals surface area contributed by atoms with Gasteiger partial charge in [0.2, 0.25) is 0 Å². The first-order valence-corrected chi connectivity index (χ1v) is 10.5. The van der Waals surface area contributed by atoms with Crippen LogP contribution in [0.1, 0.15) is 37.8 Å². The van der Waals surface area contributed by atoms with Crippen molar-refractivity contribution < 1.29 is 26.2 Å². The van der Waals surface area contributed by atoms with Crippen LogP contribution in [0, 0.1) is 76.4 Å². The summed E-state index contributed by atoms with van der Waals surface area (Å²) < 4.78 is 0. The third-order valence-corrected chi connectivity index (χ3v) is 4.26. The van der Waals surface area contributed by atoms with E-state index in [-0.39, 0.29) is 26.2 Å². The van der Waals surface area contributed by atoms with Crippen LogP contribution in [0.25, 0.3) is 5.57 Å². The van der Waals surface area contributed by atoms with Crippen molar-refractivity contribution in [1.82, 2.24) is 0 Å². The Balaban J connectivity index is 0.000000356. The van der Waals surface area contributed by atoms with Gasteiger partial charge in [0.1, 0.15) is 0 Å². The van der Waals surface area contributed by atoms with Crippen molar-refractivity contribution in [2.24, 2.45) is 0 Å². The quantitative estimate of drug-likeness (QED) is 0.235. The largest absolute Gasteiger partial charge is 2.00 e. The van der Waals surface area contributed by atoms with E-state index in [2.05, 4.69) is 62.4 Å². The first kappa shape index (κ1) is 27.8. The maximum atomic E-state index is 3.55. The molecule has 0 heterocycles. The van der Waals surface area contributed by atoms with E-state index in [9.17, 15) is 0 Å². The average molecular weight is 482 g/mol. The predicted octanol–water partition coefficient (Wildman–Crippen LogP) is 7.51. The van der Waals surface area contributed by atoms with Gasteiger partial charge in [-0.3, -0.25) is 11.1 Å². The second kappa shape index (κ2) is 18.4. The monoisotopic (exact) mass is 480 g/mol. The summed E-state index contributed by atoms with van der Waals surface area (Å²) in [5.74, 6) is 0. The van der Waals surface area contributed by atoms with Crippen LogP contribution in [-0.4, -0.2) is 0 Å². The van der Waals surface area contributed by atoms with Gasteiger partial charge in [-0.05, 0) is 64.2 Å². The van der Waals surface area contributed by atoms with Crippen molar-refractivity contribution in [3.8, 4) is 0 Å². The third kappa shape index (κ3) is 11.8. The van der Waals surface area contributed by atoms with Gasteiger partial charge in [-0.15, -0.1) is 36.2 Å². The van der Waals surface area contributed by atoms with Gasteiger partial charge in [0, 0.05) is 0 Å². The van der Waals surface area contributed by atoms with Crippen LogP contribution < -0.4 is 0 Å². The van der Waals surface area contributed by atoms with Crippen molar-refractivity contribution in [3.05, 3.63) is 154 Å². The fourth-order valence-electron chi connectivity index (χ4n) is 2.84. The molecule has 2 aliphatic carbocycles. The Morgan fingerprint density at radius 3 is 1.42 bits per heavy atom. The predicted molar refractivity (Wildman–Crippen MR) is 129 cm³/mol. The molecule has 31 heavy (non-hydrogen) atoms. The van der Waals surface area contributed by atoms with E-state index in [4.69, 9.17) is 0 Å². The Bertz CT molecular complexity index is 694. The number of allylic oxidation sites excluding steroid dienone is 3. The molecule has 0 aliphatic heterocycles. The minimum atomic E-state index is 0. The van der Waals surface area contributed by atoms with Crippen LogP contribution in [0.2, 0.25) is 0 Å². The van der Waals surface area contributed by atoms with E-state index < -0.39 is 0 Å². The van der Waals surface area contributed by atoms with E-state index in [1.165, 1.54) is 11.1 Å². The molecule has 10 radical (unpaired) electrons. The molecule has 2 fully saturated rings. The van der Waals surface area contributed by atoms with Gasteiger partial charge in [-0.1, -0.05) is 56.7 Å². The average Bonchev–Trinajstić information content (AvgIpc) is 3.57. The summed E-state index contributed by atoms with van der Waals surface area (Å²) in [5.41, 5.74) is 4.70. The normalized spacial score (nSPS) is 15.8. The van der Waals surface area contributed by atoms with E-state index in [0.29, 0.717) is 0 Å². The molecule has 0 atom stereocenters. The molecule has 154 valence electrons. The SMILES string of the molecule is CC[C-]=C(CC)C(=[C-]c1ccccc1)c1ccccc1.[CH]1[CH][CH][CH][CH]1.[CH]1[CH][CH][CH][CH]1.[Zr+2]. The van der Waals surface area contributed by atoms with Crippen LogP contribution in [0.15, 0.2) is 66.2 Å². The molecular weight excluding hydrogens is 452 g/mol. The molecule has 0 spiro atoms. The molecule has 0 unspecified atom stereocenters. The molecule has 2 saturated carbocycles. The molecule has 0 N–H and O–H groups in total. The summed E-state index contributed by atoms with van der Waals surface area (Å²) in [4.78, 5) is 0. The van der Waals surface area contributed by atoms with Gasteiger partial charge in [-0.25, -0.2) is 6.08 Å². The minimum Gasteiger partial charge on any atom is -0.313 e. The maximum Gasteiger partial charge on any atom is 2.00 e. The van der Waals surface area contributed by atoms with Crippen molar-refractivity contribution in [1.29, 1.82) is 0 Å². The molecule has 0 saturated heterocycles. The van der Waals surface area contributed by atoms with E-state index in [0.717, 1.165) is 24.0 Å². The molecular formula is C30H30Zr. The Morgan fingerprint density at radius 2 is 1.03 bits per heavy atom. The first-order chi connectivity index (χ1) is 14.8. The molecule has 0 bridgehead atoms. The molecule has 0 aromatic heterocycles. The van der Waals surface area contributed by atoms with Gasteiger partial charge in [0.25, 0.3) is 0 Å². The van der Waals surface area contributed by atoms with Crippen molar-refractivity contribution >= 4 is 5.57 Å². The minimum absolute atomic E-state index is 0. The van der Waals surface area contributed by atoms with E-state index >= 15 is 0 Å². The molecule has 2 aromatic rings. The first-order valence-electron chi connectivity index (χ1n) is 10.5. The summed E-state index contributed by atoms with van der Waals surface area (Å²) in [7, 11) is 0. The maximum absolute atomic E-state index is 3.55. The van der Waals surface area contributed by atoms with Gasteiger partial charge in [0.15, 0.2) is 0 Å². The molecule has 2 aliphatic rings. The second-order valence-corrected chi connectivity index (χ2v) is 6.52. The fraction of sp³-hybridized carbons (Fsp3) is 0.133. The molecule has 4 rings (SSSR count). The molecule has 0 nitrogen and oxygen atoms in total. The van der Waals surface area contributed by atoms with Crippen molar-refractivity contribution in [2.75, 3.05) is 0 Å². The molecule has 1 heteroatoms. The molecule has 0 amide bonds. The van der Waals surface area contributed by atoms with Gasteiger partial charge >= 0.3 is 26.2 Å². The van der Waals surface area contributed by atoms with Gasteiger partial charge in [0.05, 0.1) is 0 Å². The summed E-state index contributed by atoms with van der Waals surface area (Å²) in [5, 5.41) is 0. The number of rotatable bonds is 5. The topological polar surface area (TPSA) is 0 Å². The second-order valence-electron chi connectivity index (χ2n) is 6.52. The van der Waals surface area contributed by atoms with E-state index in [1.807, 2.05) is 88.5 Å². The smallest absolute Gasteiger partial charge is 0.313 e. The number of hydrogen-bond donors (Lipinski definition) is 0. The van der Waals surface area contributed by atoms with Crippen molar-refractivity contribution in [3.63, 3.8) is 0 Å². The zero-order chi connectivity index (χ0) is 21.3. The summed E-state index contributed by atoms with van der Waals surface area (Å²) >= 11 is 0. The van der Waals surface area contributed by atoms with Gasteiger partial charge < -0.3 is 6.08 Å². The Labute approximate surface area is 211 Å². The van der Waals surface area contributed by atoms with E-state index in [1.54, 1.807) is 0 Å². The Morgan fingerprint density at radius 1 is 0.613 bits per heavy atom. The van der Waals surface area contributed by atoms with Crippen LogP contribution in [-0.2, 0) is 26.2 Å². The van der Waals surface area contributed by atoms with Crippen LogP contribution in [0.3, 0.4) is 0 Å². The number of benzene rings is 2. The van der Waals surface area contributed by atoms with Crippen LogP contribution in [0.5, 0.6) is 0 Å². The Hall–Kier alpha value is -1.20. The summed E-state index contributed by atoms with van der Waals surface area (Å²) in [6.45, 7) is 4.30. The zero-order valence-corrected chi connectivity index (χ0v) is 20.9. The standard InChI is InChI=1S/C20H20.2C5H5.Zr/c1-3-11-18(4-2)20(19-14-9-6-10-15-19)16-17-12-7-5-8-13-17;2*1-2-4-5-3-1;/h5-10,12-15H,3-4H2,1-2H3;2*1-5H;/q-2;;;+2. The summed E-state index contributed by atoms with van der Waals surface area (Å²) in [6, 6.07) is 20.8. The Kier molecular flexibility index (Phi) is 16.5. The zero-order valence-electron chi connectivity index (χ0n) is 18.5. The summed E-state index contributed by atoms with van der Waals surface area (Å²) in [6.07, 6.45) is 28.9. The van der Waals surface area contributed by atoms with Crippen LogP contribution >= 0.6 is 0 Å². The third-order valence-electron chi connectivity index (χ3n) is 4.26.